The minimum Gasteiger partial charge on any atom is -0.357 e. The number of aliphatic imine (C=N–C) groups is 1. The third-order valence-corrected chi connectivity index (χ3v) is 6.23. The Balaban J connectivity index is 1.63. The fourth-order valence-electron chi connectivity index (χ4n) is 3.17. The van der Waals surface area contributed by atoms with E-state index in [0.29, 0.717) is 6.54 Å². The summed E-state index contributed by atoms with van der Waals surface area (Å²) in [7, 11) is -2.01. The monoisotopic (exact) mass is 416 g/mol. The number of pyridine rings is 1. The number of rotatable bonds is 6. The van der Waals surface area contributed by atoms with Crippen molar-refractivity contribution < 1.29 is 8.42 Å². The lowest BCUT2D eigenvalue weighted by molar-refractivity contribution is 0.371. The van der Waals surface area contributed by atoms with Gasteiger partial charge in [0.25, 0.3) is 0 Å². The van der Waals surface area contributed by atoms with Gasteiger partial charge in [0.15, 0.2) is 5.96 Å². The number of nitrogens with zero attached hydrogens (tertiary/aromatic N) is 4. The second kappa shape index (κ2) is 9.71. The molecule has 9 heteroatoms. The van der Waals surface area contributed by atoms with E-state index in [-0.39, 0.29) is 4.90 Å². The first kappa shape index (κ1) is 21.1. The van der Waals surface area contributed by atoms with Crippen LogP contribution in [0.2, 0.25) is 0 Å². The maximum Gasteiger partial charge on any atom is 0.240 e. The van der Waals surface area contributed by atoms with E-state index >= 15 is 0 Å². The maximum absolute atomic E-state index is 11.8. The Hall–Kier alpha value is -2.65. The van der Waals surface area contributed by atoms with E-state index in [1.807, 2.05) is 24.4 Å². The largest absolute Gasteiger partial charge is 0.357 e. The molecule has 2 heterocycles. The molecule has 1 aliphatic heterocycles. The van der Waals surface area contributed by atoms with Gasteiger partial charge < -0.3 is 15.1 Å². The lowest BCUT2D eigenvalue weighted by Gasteiger charge is -2.37. The van der Waals surface area contributed by atoms with Gasteiger partial charge >= 0.3 is 0 Å². The molecular formula is C20H28N6O2S. The smallest absolute Gasteiger partial charge is 0.240 e. The van der Waals surface area contributed by atoms with Crippen molar-refractivity contribution in [1.82, 2.24) is 19.9 Å². The summed E-state index contributed by atoms with van der Waals surface area (Å²) in [5, 5.41) is 3.36. The van der Waals surface area contributed by atoms with E-state index in [1.165, 1.54) is 7.05 Å². The minimum absolute atomic E-state index is 0.255. The Kier molecular flexibility index (Phi) is 7.05. The zero-order valence-corrected chi connectivity index (χ0v) is 17.7. The molecule has 8 nitrogen and oxygen atoms in total. The van der Waals surface area contributed by atoms with Crippen molar-refractivity contribution >= 4 is 21.8 Å². The molecule has 0 radical (unpaired) electrons. The molecule has 1 aliphatic rings. The van der Waals surface area contributed by atoms with Crippen molar-refractivity contribution in [3.63, 3.8) is 0 Å². The fourth-order valence-corrected chi connectivity index (χ4v) is 3.90. The van der Waals surface area contributed by atoms with Gasteiger partial charge in [-0.25, -0.2) is 23.1 Å². The molecule has 0 saturated carbocycles. The molecule has 1 aromatic heterocycles. The summed E-state index contributed by atoms with van der Waals surface area (Å²) in [6.45, 7) is 6.83. The van der Waals surface area contributed by atoms with Crippen molar-refractivity contribution in [2.75, 3.05) is 44.7 Å². The maximum atomic E-state index is 11.8. The van der Waals surface area contributed by atoms with E-state index in [0.717, 1.165) is 50.1 Å². The lowest BCUT2D eigenvalue weighted by atomic mass is 10.2. The van der Waals surface area contributed by atoms with Crippen LogP contribution in [0.25, 0.3) is 0 Å². The van der Waals surface area contributed by atoms with Crippen LogP contribution in [0.4, 0.5) is 5.82 Å². The molecule has 2 aromatic rings. The number of piperazine rings is 1. The highest BCUT2D eigenvalue weighted by Gasteiger charge is 2.20. The zero-order valence-electron chi connectivity index (χ0n) is 16.9. The van der Waals surface area contributed by atoms with E-state index < -0.39 is 10.0 Å². The quantitative estimate of drug-likeness (QED) is 0.545. The van der Waals surface area contributed by atoms with Crippen molar-refractivity contribution in [2.45, 2.75) is 18.4 Å². The molecule has 0 unspecified atom stereocenters. The van der Waals surface area contributed by atoms with Gasteiger partial charge in [0.05, 0.1) is 11.4 Å². The SMILES string of the molecule is CCNC(=NCc1ccc(S(=O)(=O)NC)cc1)N1CCN(c2ccccn2)CC1. The highest BCUT2D eigenvalue weighted by Crippen LogP contribution is 2.14. The van der Waals surface area contributed by atoms with Gasteiger partial charge in [-0.2, -0.15) is 0 Å². The normalized spacial score (nSPS) is 15.4. The number of anilines is 1. The molecule has 2 N–H and O–H groups in total. The van der Waals surface area contributed by atoms with Crippen molar-refractivity contribution in [1.29, 1.82) is 0 Å². The van der Waals surface area contributed by atoms with Crippen LogP contribution in [-0.2, 0) is 16.6 Å². The van der Waals surface area contributed by atoms with Crippen LogP contribution in [-0.4, -0.2) is 64.0 Å². The van der Waals surface area contributed by atoms with E-state index in [4.69, 9.17) is 4.99 Å². The van der Waals surface area contributed by atoms with Gasteiger partial charge in [-0.15, -0.1) is 0 Å². The predicted octanol–water partition coefficient (Wildman–Crippen LogP) is 1.28. The number of benzene rings is 1. The van der Waals surface area contributed by atoms with Crippen LogP contribution in [0.3, 0.4) is 0 Å². The molecule has 1 fully saturated rings. The van der Waals surface area contributed by atoms with Crippen molar-refractivity contribution in [2.24, 2.45) is 4.99 Å². The number of sulfonamides is 1. The Bertz CT molecular complexity index is 908. The van der Waals surface area contributed by atoms with Gasteiger partial charge in [-0.3, -0.25) is 0 Å². The molecule has 0 aliphatic carbocycles. The van der Waals surface area contributed by atoms with Gasteiger partial charge in [-0.05, 0) is 43.8 Å². The van der Waals surface area contributed by atoms with E-state index in [9.17, 15) is 8.42 Å². The molecule has 0 atom stereocenters. The Morgan fingerprint density at radius 3 is 2.41 bits per heavy atom. The number of hydrogen-bond donors (Lipinski definition) is 2. The van der Waals surface area contributed by atoms with Crippen LogP contribution in [0.1, 0.15) is 12.5 Å². The number of aromatic nitrogens is 1. The summed E-state index contributed by atoms with van der Waals surface area (Å²) in [5.74, 6) is 1.88. The third kappa shape index (κ3) is 5.45. The van der Waals surface area contributed by atoms with E-state index in [1.54, 1.807) is 24.3 Å². The molecule has 156 valence electrons. The first-order chi connectivity index (χ1) is 14.0. The van der Waals surface area contributed by atoms with Gasteiger partial charge in [0.2, 0.25) is 10.0 Å². The summed E-state index contributed by atoms with van der Waals surface area (Å²) in [5.41, 5.74) is 0.961. The molecule has 0 bridgehead atoms. The Morgan fingerprint density at radius 2 is 1.83 bits per heavy atom. The second-order valence-corrected chi connectivity index (χ2v) is 8.57. The molecule has 0 spiro atoms. The van der Waals surface area contributed by atoms with Crippen molar-refractivity contribution in [3.05, 3.63) is 54.2 Å². The summed E-state index contributed by atoms with van der Waals surface area (Å²) in [6.07, 6.45) is 1.82. The first-order valence-corrected chi connectivity index (χ1v) is 11.2. The average Bonchev–Trinajstić information content (AvgIpc) is 2.77. The summed E-state index contributed by atoms with van der Waals surface area (Å²) < 4.78 is 26.0. The average molecular weight is 417 g/mol. The summed E-state index contributed by atoms with van der Waals surface area (Å²) >= 11 is 0. The lowest BCUT2D eigenvalue weighted by Crippen LogP contribution is -2.52. The van der Waals surface area contributed by atoms with Crippen LogP contribution < -0.4 is 14.9 Å². The number of guanidine groups is 1. The molecule has 29 heavy (non-hydrogen) atoms. The van der Waals surface area contributed by atoms with Crippen LogP contribution in [0, 0.1) is 0 Å². The molecule has 1 saturated heterocycles. The van der Waals surface area contributed by atoms with Gasteiger partial charge in [-0.1, -0.05) is 18.2 Å². The molecule has 1 aromatic carbocycles. The molecule has 0 amide bonds. The highest BCUT2D eigenvalue weighted by atomic mass is 32.2. The van der Waals surface area contributed by atoms with Crippen LogP contribution >= 0.6 is 0 Å². The molecule has 3 rings (SSSR count). The Labute approximate surface area is 172 Å². The van der Waals surface area contributed by atoms with Crippen LogP contribution in [0.5, 0.6) is 0 Å². The van der Waals surface area contributed by atoms with E-state index in [2.05, 4.69) is 31.7 Å². The van der Waals surface area contributed by atoms with Gasteiger partial charge in [0, 0.05) is 38.9 Å². The fraction of sp³-hybridized carbons (Fsp3) is 0.400. The first-order valence-electron chi connectivity index (χ1n) is 9.75. The third-order valence-electron chi connectivity index (χ3n) is 4.80. The Morgan fingerprint density at radius 1 is 1.10 bits per heavy atom. The predicted molar refractivity (Wildman–Crippen MR) is 116 cm³/mol. The van der Waals surface area contributed by atoms with Gasteiger partial charge in [0.1, 0.15) is 5.82 Å². The standard InChI is InChI=1S/C20H28N6O2S/c1-3-22-20(24-16-17-7-9-18(10-8-17)29(27,28)21-2)26-14-12-25(13-15-26)19-6-4-5-11-23-19/h4-11,21H,3,12-16H2,1-2H3,(H,22,24). The number of nitrogens with one attached hydrogen (secondary N) is 2. The summed E-state index contributed by atoms with van der Waals surface area (Å²) in [4.78, 5) is 14.0. The summed E-state index contributed by atoms with van der Waals surface area (Å²) in [6, 6.07) is 12.8. The zero-order chi connectivity index (χ0) is 20.7. The number of hydrogen-bond acceptors (Lipinski definition) is 5. The minimum atomic E-state index is -3.42. The van der Waals surface area contributed by atoms with Crippen LogP contribution in [0.15, 0.2) is 58.5 Å². The topological polar surface area (TPSA) is 89.9 Å². The van der Waals surface area contributed by atoms with Crippen molar-refractivity contribution in [3.8, 4) is 0 Å². The second-order valence-electron chi connectivity index (χ2n) is 6.68. The highest BCUT2D eigenvalue weighted by molar-refractivity contribution is 7.89. The molecular weight excluding hydrogens is 388 g/mol.